The third-order valence-corrected chi connectivity index (χ3v) is 5.43. The summed E-state index contributed by atoms with van der Waals surface area (Å²) in [7, 11) is 0. The Hall–Kier alpha value is -0.450. The Kier molecular flexibility index (Phi) is 3.57. The van der Waals surface area contributed by atoms with E-state index in [0.717, 1.165) is 0 Å². The van der Waals surface area contributed by atoms with Crippen LogP contribution in [0.2, 0.25) is 0 Å². The number of aliphatic hydroxyl groups excluding tert-OH is 1. The molecule has 0 saturated heterocycles. The second-order valence-corrected chi connectivity index (χ2v) is 7.29. The molecule has 2 fully saturated rings. The van der Waals surface area contributed by atoms with Crippen molar-refractivity contribution in [3.63, 3.8) is 0 Å². The molecule has 4 heteroatoms. The summed E-state index contributed by atoms with van der Waals surface area (Å²) < 4.78 is 0. The summed E-state index contributed by atoms with van der Waals surface area (Å²) in [5.41, 5.74) is -1.83. The van der Waals surface area contributed by atoms with Gasteiger partial charge in [-0.3, -0.25) is 4.79 Å². The standard InChI is InChI=1S/C15H26O4/c1-8-11(16)7-10-12(13(8)17)9(14(2,3)18)5-6-15(10,4)19/h8-10,12-13,17-19H,5-7H2,1-4H3/t8-,9-,10-,12-,13?,15+/m0/s1. The first-order valence-corrected chi connectivity index (χ1v) is 7.21. The number of carbonyl (C=O) groups is 1. The van der Waals surface area contributed by atoms with Gasteiger partial charge in [0.2, 0.25) is 0 Å². The van der Waals surface area contributed by atoms with Crippen LogP contribution >= 0.6 is 0 Å². The Morgan fingerprint density at radius 2 is 1.95 bits per heavy atom. The second-order valence-electron chi connectivity index (χ2n) is 7.29. The molecule has 110 valence electrons. The third-order valence-electron chi connectivity index (χ3n) is 5.43. The van der Waals surface area contributed by atoms with Gasteiger partial charge in [-0.15, -0.1) is 0 Å². The van der Waals surface area contributed by atoms with Crippen molar-refractivity contribution >= 4 is 5.78 Å². The molecule has 0 aliphatic heterocycles. The van der Waals surface area contributed by atoms with Gasteiger partial charge in [0.25, 0.3) is 0 Å². The highest BCUT2D eigenvalue weighted by Gasteiger charge is 2.56. The molecule has 2 saturated carbocycles. The maximum absolute atomic E-state index is 12.0. The van der Waals surface area contributed by atoms with Crippen molar-refractivity contribution in [3.8, 4) is 0 Å². The molecule has 2 aliphatic carbocycles. The summed E-state index contributed by atoms with van der Waals surface area (Å²) in [5, 5.41) is 31.3. The SMILES string of the molecule is C[C@H]1C(=O)C[C@H]2[C@@H](C1O)[C@@H](C(C)(C)O)CC[C@@]2(C)O. The predicted molar refractivity (Wildman–Crippen MR) is 71.4 cm³/mol. The van der Waals surface area contributed by atoms with Crippen LogP contribution in [0, 0.1) is 23.7 Å². The van der Waals surface area contributed by atoms with Crippen LogP contribution in [0.1, 0.15) is 47.0 Å². The van der Waals surface area contributed by atoms with E-state index in [-0.39, 0.29) is 23.5 Å². The van der Waals surface area contributed by atoms with Crippen molar-refractivity contribution in [2.75, 3.05) is 0 Å². The molecule has 0 amide bonds. The van der Waals surface area contributed by atoms with E-state index >= 15 is 0 Å². The van der Waals surface area contributed by atoms with Crippen molar-refractivity contribution in [2.45, 2.75) is 64.3 Å². The Morgan fingerprint density at radius 3 is 2.47 bits per heavy atom. The fourth-order valence-electron chi connectivity index (χ4n) is 4.10. The van der Waals surface area contributed by atoms with Crippen LogP contribution in [0.5, 0.6) is 0 Å². The molecule has 0 bridgehead atoms. The predicted octanol–water partition coefficient (Wildman–Crippen LogP) is 1.12. The van der Waals surface area contributed by atoms with Gasteiger partial charge in [-0.05, 0) is 51.4 Å². The number of ketones is 1. The molecule has 0 spiro atoms. The summed E-state index contributed by atoms with van der Waals surface area (Å²) in [4.78, 5) is 12.0. The summed E-state index contributed by atoms with van der Waals surface area (Å²) in [6.07, 6.45) is 0.782. The summed E-state index contributed by atoms with van der Waals surface area (Å²) in [5.74, 6) is -0.929. The van der Waals surface area contributed by atoms with E-state index in [1.165, 1.54) is 0 Å². The zero-order chi connectivity index (χ0) is 14.6. The van der Waals surface area contributed by atoms with Crippen molar-refractivity contribution in [3.05, 3.63) is 0 Å². The minimum absolute atomic E-state index is 0.0189. The van der Waals surface area contributed by atoms with Crippen molar-refractivity contribution in [1.82, 2.24) is 0 Å². The molecular weight excluding hydrogens is 244 g/mol. The smallest absolute Gasteiger partial charge is 0.138 e. The van der Waals surface area contributed by atoms with Crippen LogP contribution < -0.4 is 0 Å². The molecule has 4 nitrogen and oxygen atoms in total. The lowest BCUT2D eigenvalue weighted by Gasteiger charge is -2.54. The largest absolute Gasteiger partial charge is 0.392 e. The van der Waals surface area contributed by atoms with E-state index in [2.05, 4.69) is 0 Å². The van der Waals surface area contributed by atoms with Crippen LogP contribution in [-0.4, -0.2) is 38.4 Å². The van der Waals surface area contributed by atoms with Crippen LogP contribution in [0.4, 0.5) is 0 Å². The Morgan fingerprint density at radius 1 is 1.37 bits per heavy atom. The molecule has 0 heterocycles. The summed E-state index contributed by atoms with van der Waals surface area (Å²) >= 11 is 0. The Bertz CT molecular complexity index is 369. The van der Waals surface area contributed by atoms with Gasteiger partial charge in [-0.2, -0.15) is 0 Å². The maximum Gasteiger partial charge on any atom is 0.138 e. The van der Waals surface area contributed by atoms with Gasteiger partial charge < -0.3 is 15.3 Å². The lowest BCUT2D eigenvalue weighted by atomic mass is 9.54. The fourth-order valence-corrected chi connectivity index (χ4v) is 4.10. The number of aliphatic hydroxyl groups is 3. The zero-order valence-corrected chi connectivity index (χ0v) is 12.3. The first-order valence-electron chi connectivity index (χ1n) is 7.21. The molecule has 0 aromatic heterocycles. The number of Topliss-reactive ketones (excluding diaryl/α,β-unsaturated/α-hetero) is 1. The van der Waals surface area contributed by atoms with Gasteiger partial charge in [0.15, 0.2) is 0 Å². The Balaban J connectivity index is 2.38. The van der Waals surface area contributed by atoms with E-state index < -0.39 is 23.2 Å². The third kappa shape index (κ3) is 2.46. The summed E-state index contributed by atoms with van der Waals surface area (Å²) in [6.45, 7) is 7.00. The number of rotatable bonds is 1. The first-order chi connectivity index (χ1) is 8.55. The quantitative estimate of drug-likeness (QED) is 0.667. The Labute approximate surface area is 114 Å². The van der Waals surface area contributed by atoms with Gasteiger partial charge in [0, 0.05) is 12.3 Å². The van der Waals surface area contributed by atoms with E-state index in [0.29, 0.717) is 19.3 Å². The molecule has 2 rings (SSSR count). The minimum atomic E-state index is -0.927. The van der Waals surface area contributed by atoms with Crippen LogP contribution in [-0.2, 0) is 4.79 Å². The highest BCUT2D eigenvalue weighted by Crippen LogP contribution is 2.51. The number of fused-ring (bicyclic) bond motifs is 1. The number of hydrogen-bond donors (Lipinski definition) is 3. The van der Waals surface area contributed by atoms with Gasteiger partial charge in [0.1, 0.15) is 5.78 Å². The van der Waals surface area contributed by atoms with Crippen molar-refractivity contribution in [2.24, 2.45) is 23.7 Å². The molecule has 0 aromatic rings. The lowest BCUT2D eigenvalue weighted by molar-refractivity contribution is -0.184. The van der Waals surface area contributed by atoms with Crippen LogP contribution in [0.15, 0.2) is 0 Å². The van der Waals surface area contributed by atoms with Crippen LogP contribution in [0.3, 0.4) is 0 Å². The highest BCUT2D eigenvalue weighted by molar-refractivity contribution is 5.82. The minimum Gasteiger partial charge on any atom is -0.392 e. The van der Waals surface area contributed by atoms with Crippen molar-refractivity contribution in [1.29, 1.82) is 0 Å². The van der Waals surface area contributed by atoms with Gasteiger partial charge in [0.05, 0.1) is 17.3 Å². The van der Waals surface area contributed by atoms with Crippen LogP contribution in [0.25, 0.3) is 0 Å². The highest BCUT2D eigenvalue weighted by atomic mass is 16.3. The molecular formula is C15H26O4. The monoisotopic (exact) mass is 270 g/mol. The number of hydrogen-bond acceptors (Lipinski definition) is 4. The molecule has 0 aromatic carbocycles. The first kappa shape index (κ1) is 14.9. The van der Waals surface area contributed by atoms with E-state index in [9.17, 15) is 20.1 Å². The molecule has 3 N–H and O–H groups in total. The van der Waals surface area contributed by atoms with E-state index in [4.69, 9.17) is 0 Å². The molecule has 2 aliphatic rings. The average molecular weight is 270 g/mol. The average Bonchev–Trinajstić information content (AvgIpc) is 2.25. The van der Waals surface area contributed by atoms with Crippen molar-refractivity contribution < 1.29 is 20.1 Å². The van der Waals surface area contributed by atoms with E-state index in [1.54, 1.807) is 27.7 Å². The van der Waals surface area contributed by atoms with Gasteiger partial charge in [-0.1, -0.05) is 6.92 Å². The topological polar surface area (TPSA) is 77.8 Å². The molecule has 1 unspecified atom stereocenters. The summed E-state index contributed by atoms with van der Waals surface area (Å²) in [6, 6.07) is 0. The maximum atomic E-state index is 12.0. The van der Waals surface area contributed by atoms with Gasteiger partial charge >= 0.3 is 0 Å². The number of carbonyl (C=O) groups excluding carboxylic acids is 1. The fraction of sp³-hybridized carbons (Fsp3) is 0.933. The normalized spacial score (nSPS) is 47.9. The zero-order valence-electron chi connectivity index (χ0n) is 12.3. The van der Waals surface area contributed by atoms with E-state index in [1.807, 2.05) is 0 Å². The van der Waals surface area contributed by atoms with Gasteiger partial charge in [-0.25, -0.2) is 0 Å². The molecule has 0 radical (unpaired) electrons. The second kappa shape index (κ2) is 4.54. The molecule has 19 heavy (non-hydrogen) atoms. The molecule has 6 atom stereocenters. The lowest BCUT2D eigenvalue weighted by Crippen LogP contribution is -2.60.